The quantitative estimate of drug-likeness (QED) is 0.753. The number of benzene rings is 1. The number of hydrogen-bond acceptors (Lipinski definition) is 3. The molecule has 0 radical (unpaired) electrons. The molecular weight excluding hydrogens is 280 g/mol. The van der Waals surface area contributed by atoms with E-state index in [1.54, 1.807) is 0 Å². The summed E-state index contributed by atoms with van der Waals surface area (Å²) in [5.41, 5.74) is -0.0625. The predicted octanol–water partition coefficient (Wildman–Crippen LogP) is 2.06. The third kappa shape index (κ3) is 3.71. The first kappa shape index (κ1) is 15.2. The van der Waals surface area contributed by atoms with Crippen molar-refractivity contribution in [3.05, 3.63) is 30.3 Å². The van der Waals surface area contributed by atoms with Crippen molar-refractivity contribution < 1.29 is 14.6 Å². The second kappa shape index (κ2) is 6.57. The molecule has 0 aliphatic heterocycles. The summed E-state index contributed by atoms with van der Waals surface area (Å²) in [6, 6.07) is 9.62. The van der Waals surface area contributed by atoms with E-state index < -0.39 is 0 Å². The molecule has 0 saturated heterocycles. The van der Waals surface area contributed by atoms with Gasteiger partial charge >= 0.3 is 6.03 Å². The van der Waals surface area contributed by atoms with E-state index in [2.05, 4.69) is 10.6 Å². The lowest BCUT2D eigenvalue weighted by atomic mass is 10.1. The number of amides is 2. The Morgan fingerprint density at radius 3 is 2.73 bits per heavy atom. The molecule has 1 aromatic carbocycles. The summed E-state index contributed by atoms with van der Waals surface area (Å²) in [7, 11) is 0. The average Bonchev–Trinajstić information content (AvgIpc) is 3.22. The monoisotopic (exact) mass is 304 g/mol. The van der Waals surface area contributed by atoms with Crippen LogP contribution in [-0.4, -0.2) is 36.4 Å². The van der Waals surface area contributed by atoms with Crippen LogP contribution in [0.3, 0.4) is 0 Å². The van der Waals surface area contributed by atoms with E-state index in [4.69, 9.17) is 4.74 Å². The first-order chi connectivity index (χ1) is 10.7. The fourth-order valence-corrected chi connectivity index (χ4v) is 2.96. The molecule has 2 aliphatic carbocycles. The summed E-state index contributed by atoms with van der Waals surface area (Å²) in [5.74, 6) is 0.846. The van der Waals surface area contributed by atoms with Gasteiger partial charge in [0, 0.05) is 12.0 Å². The highest BCUT2D eigenvalue weighted by atomic mass is 16.5. The highest BCUT2D eigenvalue weighted by Gasteiger charge is 2.42. The highest BCUT2D eigenvalue weighted by molar-refractivity contribution is 5.74. The number of aliphatic hydroxyl groups excluding tert-OH is 1. The second-order valence-corrected chi connectivity index (χ2v) is 6.49. The van der Waals surface area contributed by atoms with Crippen molar-refractivity contribution in [1.29, 1.82) is 0 Å². The molecular formula is C17H24N2O3. The van der Waals surface area contributed by atoms with Crippen molar-refractivity contribution >= 4 is 6.03 Å². The zero-order valence-electron chi connectivity index (χ0n) is 12.8. The fraction of sp³-hybridized carbons (Fsp3) is 0.588. The Bertz CT molecular complexity index is 502. The molecule has 2 atom stereocenters. The van der Waals surface area contributed by atoms with Gasteiger partial charge in [0.2, 0.25) is 0 Å². The Morgan fingerprint density at radius 1 is 1.27 bits per heavy atom. The van der Waals surface area contributed by atoms with Gasteiger partial charge in [-0.3, -0.25) is 0 Å². The molecule has 2 amide bonds. The van der Waals surface area contributed by atoms with Crippen LogP contribution in [0.5, 0.6) is 5.75 Å². The zero-order valence-corrected chi connectivity index (χ0v) is 12.8. The van der Waals surface area contributed by atoms with E-state index in [9.17, 15) is 9.90 Å². The summed E-state index contributed by atoms with van der Waals surface area (Å²) in [6.07, 6.45) is 4.97. The summed E-state index contributed by atoms with van der Waals surface area (Å²) in [6.45, 7) is 0.697. The Kier molecular flexibility index (Phi) is 4.52. The Morgan fingerprint density at radius 2 is 2.05 bits per heavy atom. The molecule has 3 N–H and O–H groups in total. The highest BCUT2D eigenvalue weighted by Crippen LogP contribution is 2.44. The van der Waals surface area contributed by atoms with Crippen LogP contribution >= 0.6 is 0 Å². The van der Waals surface area contributed by atoms with Crippen molar-refractivity contribution in [1.82, 2.24) is 10.6 Å². The summed E-state index contributed by atoms with van der Waals surface area (Å²) in [5, 5.41) is 15.2. The maximum atomic E-state index is 12.0. The van der Waals surface area contributed by atoms with Crippen molar-refractivity contribution in [2.75, 3.05) is 13.2 Å². The van der Waals surface area contributed by atoms with Crippen molar-refractivity contribution in [3.63, 3.8) is 0 Å². The number of aliphatic hydroxyl groups is 1. The third-order valence-electron chi connectivity index (χ3n) is 4.72. The minimum Gasteiger partial charge on any atom is -0.488 e. The summed E-state index contributed by atoms with van der Waals surface area (Å²) in [4.78, 5) is 12.0. The zero-order chi connectivity index (χ0) is 15.4. The van der Waals surface area contributed by atoms with E-state index in [-0.39, 0.29) is 30.2 Å². The number of ether oxygens (including phenoxy) is 1. The van der Waals surface area contributed by atoms with Gasteiger partial charge in [-0.2, -0.15) is 0 Å². The van der Waals surface area contributed by atoms with E-state index in [0.717, 1.165) is 37.9 Å². The molecule has 1 aromatic rings. The molecule has 0 unspecified atom stereocenters. The van der Waals surface area contributed by atoms with Crippen LogP contribution in [0.25, 0.3) is 0 Å². The van der Waals surface area contributed by atoms with Gasteiger partial charge in [0.05, 0.1) is 12.6 Å². The van der Waals surface area contributed by atoms with Gasteiger partial charge in [-0.25, -0.2) is 4.79 Å². The SMILES string of the molecule is O=C(NCC1(CO)CC1)N[C@H]1CCC[C@H]1Oc1ccccc1. The number of para-hydroxylation sites is 1. The molecule has 0 aromatic heterocycles. The molecule has 3 rings (SSSR count). The first-order valence-corrected chi connectivity index (χ1v) is 8.08. The predicted molar refractivity (Wildman–Crippen MR) is 83.8 cm³/mol. The topological polar surface area (TPSA) is 70.6 Å². The van der Waals surface area contributed by atoms with Crippen molar-refractivity contribution in [3.8, 4) is 5.75 Å². The number of rotatable bonds is 6. The van der Waals surface area contributed by atoms with Crippen LogP contribution < -0.4 is 15.4 Å². The Balaban J connectivity index is 1.47. The van der Waals surface area contributed by atoms with E-state index >= 15 is 0 Å². The molecule has 2 fully saturated rings. The summed E-state index contributed by atoms with van der Waals surface area (Å²) >= 11 is 0. The fourth-order valence-electron chi connectivity index (χ4n) is 2.96. The second-order valence-electron chi connectivity index (χ2n) is 6.49. The van der Waals surface area contributed by atoms with Gasteiger partial charge in [-0.1, -0.05) is 18.2 Å². The standard InChI is InChI=1S/C17H24N2O3/c20-12-17(9-10-17)11-18-16(21)19-14-7-4-8-15(14)22-13-5-2-1-3-6-13/h1-3,5-6,14-15,20H,4,7-12H2,(H2,18,19,21)/t14-,15+/m0/s1. The maximum absolute atomic E-state index is 12.0. The minimum absolute atomic E-state index is 0.0286. The van der Waals surface area contributed by atoms with Gasteiger partial charge in [0.15, 0.2) is 0 Å². The number of nitrogens with one attached hydrogen (secondary N) is 2. The number of carbonyl (C=O) groups excluding carboxylic acids is 1. The smallest absolute Gasteiger partial charge is 0.315 e. The van der Waals surface area contributed by atoms with Crippen LogP contribution in [0.4, 0.5) is 4.79 Å². The molecule has 0 bridgehead atoms. The molecule has 5 nitrogen and oxygen atoms in total. The molecule has 22 heavy (non-hydrogen) atoms. The Hall–Kier alpha value is -1.75. The van der Waals surface area contributed by atoms with Gasteiger partial charge in [0.1, 0.15) is 11.9 Å². The third-order valence-corrected chi connectivity index (χ3v) is 4.72. The molecule has 5 heteroatoms. The van der Waals surface area contributed by atoms with Crippen LogP contribution in [0.15, 0.2) is 30.3 Å². The molecule has 120 valence electrons. The van der Waals surface area contributed by atoms with Crippen LogP contribution in [0, 0.1) is 5.41 Å². The largest absolute Gasteiger partial charge is 0.488 e. The lowest BCUT2D eigenvalue weighted by Gasteiger charge is -2.23. The molecule has 2 aliphatic rings. The summed E-state index contributed by atoms with van der Waals surface area (Å²) < 4.78 is 5.99. The van der Waals surface area contributed by atoms with Crippen LogP contribution in [0.2, 0.25) is 0 Å². The van der Waals surface area contributed by atoms with Gasteiger partial charge in [0.25, 0.3) is 0 Å². The van der Waals surface area contributed by atoms with Crippen molar-refractivity contribution in [2.45, 2.75) is 44.2 Å². The molecule has 2 saturated carbocycles. The first-order valence-electron chi connectivity index (χ1n) is 8.08. The van der Waals surface area contributed by atoms with Gasteiger partial charge in [-0.05, 0) is 44.2 Å². The lowest BCUT2D eigenvalue weighted by Crippen LogP contribution is -2.48. The normalized spacial score (nSPS) is 25.5. The van der Waals surface area contributed by atoms with Crippen LogP contribution in [-0.2, 0) is 0 Å². The van der Waals surface area contributed by atoms with Gasteiger partial charge in [-0.15, -0.1) is 0 Å². The van der Waals surface area contributed by atoms with E-state index in [1.165, 1.54) is 0 Å². The number of carbonyl (C=O) groups is 1. The lowest BCUT2D eigenvalue weighted by molar-refractivity contribution is 0.170. The van der Waals surface area contributed by atoms with E-state index in [0.29, 0.717) is 6.54 Å². The minimum atomic E-state index is -0.159. The molecule has 0 spiro atoms. The Labute approximate surface area is 131 Å². The van der Waals surface area contributed by atoms with Crippen molar-refractivity contribution in [2.24, 2.45) is 5.41 Å². The molecule has 0 heterocycles. The maximum Gasteiger partial charge on any atom is 0.315 e. The van der Waals surface area contributed by atoms with Gasteiger partial charge < -0.3 is 20.5 Å². The average molecular weight is 304 g/mol. The van der Waals surface area contributed by atoms with E-state index in [1.807, 2.05) is 30.3 Å². The number of hydrogen-bond donors (Lipinski definition) is 3. The van der Waals surface area contributed by atoms with Crippen LogP contribution in [0.1, 0.15) is 32.1 Å². The number of urea groups is 1.